The summed E-state index contributed by atoms with van der Waals surface area (Å²) in [5.41, 5.74) is 0.134. The molecule has 1 aromatic carbocycles. The first-order valence-corrected chi connectivity index (χ1v) is 7.41. The van der Waals surface area contributed by atoms with E-state index in [9.17, 15) is 9.18 Å². The summed E-state index contributed by atoms with van der Waals surface area (Å²) in [5.74, 6) is 0.192. The molecule has 0 amide bonds. The van der Waals surface area contributed by atoms with E-state index in [4.69, 9.17) is 4.74 Å². The normalized spacial score (nSPS) is 32.9. The number of fused-ring (bicyclic) bond motifs is 2. The van der Waals surface area contributed by atoms with Gasteiger partial charge in [0.25, 0.3) is 0 Å². The third-order valence-electron chi connectivity index (χ3n) is 5.01. The van der Waals surface area contributed by atoms with E-state index < -0.39 is 5.60 Å². The monoisotopic (exact) mass is 275 g/mol. The largest absolute Gasteiger partial charge is 0.486 e. The summed E-state index contributed by atoms with van der Waals surface area (Å²) in [6.07, 6.45) is 4.63. The predicted octanol–water partition coefficient (Wildman–Crippen LogP) is 2.79. The number of carbonyl (C=O) groups is 1. The number of ether oxygens (including phenoxy) is 1. The molecule has 3 heterocycles. The van der Waals surface area contributed by atoms with Crippen LogP contribution < -0.4 is 4.74 Å². The lowest BCUT2D eigenvalue weighted by Crippen LogP contribution is -2.53. The van der Waals surface area contributed by atoms with Gasteiger partial charge in [-0.3, -0.25) is 4.79 Å². The Balaban J connectivity index is 1.66. The van der Waals surface area contributed by atoms with Gasteiger partial charge in [0.15, 0.2) is 5.78 Å². The fourth-order valence-electron chi connectivity index (χ4n) is 4.02. The van der Waals surface area contributed by atoms with Crippen LogP contribution in [0.2, 0.25) is 0 Å². The molecule has 20 heavy (non-hydrogen) atoms. The Labute approximate surface area is 117 Å². The van der Waals surface area contributed by atoms with Crippen molar-refractivity contribution in [1.82, 2.24) is 4.90 Å². The molecule has 0 radical (unpaired) electrons. The summed E-state index contributed by atoms with van der Waals surface area (Å²) in [5, 5.41) is 0. The number of carbonyl (C=O) groups excluding carboxylic acids is 1. The molecule has 0 aliphatic carbocycles. The van der Waals surface area contributed by atoms with E-state index in [1.165, 1.54) is 31.5 Å². The Kier molecular flexibility index (Phi) is 2.64. The van der Waals surface area contributed by atoms with Crippen molar-refractivity contribution in [3.8, 4) is 5.75 Å². The number of rotatable bonds is 0. The lowest BCUT2D eigenvalue weighted by atomic mass is 9.79. The van der Waals surface area contributed by atoms with E-state index in [0.717, 1.165) is 19.4 Å². The van der Waals surface area contributed by atoms with Crippen molar-refractivity contribution in [1.29, 1.82) is 0 Å². The van der Waals surface area contributed by atoms with Gasteiger partial charge < -0.3 is 9.64 Å². The second-order valence-electron chi connectivity index (χ2n) is 6.31. The van der Waals surface area contributed by atoms with Crippen LogP contribution in [0.5, 0.6) is 5.75 Å². The zero-order valence-electron chi connectivity index (χ0n) is 11.4. The van der Waals surface area contributed by atoms with Crippen molar-refractivity contribution in [2.45, 2.75) is 43.7 Å². The zero-order valence-corrected chi connectivity index (χ0v) is 11.4. The van der Waals surface area contributed by atoms with Gasteiger partial charge in [-0.05, 0) is 31.5 Å². The molecule has 4 rings (SSSR count). The van der Waals surface area contributed by atoms with Crippen LogP contribution in [0.15, 0.2) is 18.2 Å². The lowest BCUT2D eigenvalue weighted by Gasteiger charge is -2.46. The summed E-state index contributed by atoms with van der Waals surface area (Å²) < 4.78 is 19.5. The summed E-state index contributed by atoms with van der Waals surface area (Å²) in [6, 6.07) is 4.77. The molecule has 2 saturated heterocycles. The zero-order chi connectivity index (χ0) is 13.7. The van der Waals surface area contributed by atoms with Crippen LogP contribution in [0, 0.1) is 5.82 Å². The molecule has 0 aromatic heterocycles. The molecule has 1 spiro atoms. The Hall–Kier alpha value is -1.42. The molecule has 0 bridgehead atoms. The number of nitrogens with zero attached hydrogens (tertiary/aromatic N) is 1. The minimum absolute atomic E-state index is 0.0951. The Morgan fingerprint density at radius 2 is 2.25 bits per heavy atom. The smallest absolute Gasteiger partial charge is 0.170 e. The molecular formula is C16H18FNO2. The van der Waals surface area contributed by atoms with Crippen LogP contribution in [0.4, 0.5) is 4.39 Å². The number of piperidine rings is 1. The quantitative estimate of drug-likeness (QED) is 0.729. The highest BCUT2D eigenvalue weighted by Gasteiger charge is 2.47. The Morgan fingerprint density at radius 3 is 3.15 bits per heavy atom. The average Bonchev–Trinajstić information content (AvgIpc) is 2.85. The molecule has 2 fully saturated rings. The highest BCUT2D eigenvalue weighted by atomic mass is 19.1. The maximum absolute atomic E-state index is 13.4. The number of Topliss-reactive ketones (excluding diaryl/α,β-unsaturated/α-hetero) is 1. The minimum Gasteiger partial charge on any atom is -0.486 e. The van der Waals surface area contributed by atoms with Crippen LogP contribution >= 0.6 is 0 Å². The van der Waals surface area contributed by atoms with Crippen LogP contribution in [0.3, 0.4) is 0 Å². The van der Waals surface area contributed by atoms with Crippen LogP contribution in [-0.4, -0.2) is 35.4 Å². The van der Waals surface area contributed by atoms with E-state index in [1.807, 2.05) is 0 Å². The first-order valence-electron chi connectivity index (χ1n) is 7.41. The number of hydrogen-bond acceptors (Lipinski definition) is 3. The Morgan fingerprint density at radius 1 is 1.35 bits per heavy atom. The fourth-order valence-corrected chi connectivity index (χ4v) is 4.02. The minimum atomic E-state index is -0.399. The molecular weight excluding hydrogens is 257 g/mol. The van der Waals surface area contributed by atoms with Crippen molar-refractivity contribution in [3.05, 3.63) is 29.6 Å². The van der Waals surface area contributed by atoms with Crippen LogP contribution in [0.1, 0.15) is 42.5 Å². The van der Waals surface area contributed by atoms with Crippen molar-refractivity contribution in [2.24, 2.45) is 0 Å². The van der Waals surface area contributed by atoms with Gasteiger partial charge in [-0.15, -0.1) is 0 Å². The van der Waals surface area contributed by atoms with E-state index in [1.54, 1.807) is 6.07 Å². The van der Waals surface area contributed by atoms with Crippen molar-refractivity contribution < 1.29 is 13.9 Å². The number of hydrogen-bond donors (Lipinski definition) is 0. The summed E-state index contributed by atoms with van der Waals surface area (Å²) in [7, 11) is 0. The second-order valence-corrected chi connectivity index (χ2v) is 6.31. The second kappa shape index (κ2) is 4.29. The van der Waals surface area contributed by atoms with Gasteiger partial charge in [-0.25, -0.2) is 4.39 Å². The first-order chi connectivity index (χ1) is 9.65. The molecule has 4 heteroatoms. The standard InChI is InChI=1S/C16H18FNO2/c17-11-3-4-13-14(19)10-16(20-15(13)8-11)5-7-18-6-1-2-12(18)9-16/h3-4,8,12H,1-2,5-7,9-10H2. The molecule has 0 N–H and O–H groups in total. The lowest BCUT2D eigenvalue weighted by molar-refractivity contribution is -0.0230. The van der Waals surface area contributed by atoms with Gasteiger partial charge in [0.1, 0.15) is 17.2 Å². The molecule has 106 valence electrons. The molecule has 3 aliphatic rings. The summed E-state index contributed by atoms with van der Waals surface area (Å²) >= 11 is 0. The maximum atomic E-state index is 13.4. The third kappa shape index (κ3) is 1.85. The predicted molar refractivity (Wildman–Crippen MR) is 72.5 cm³/mol. The molecule has 2 atom stereocenters. The molecule has 1 aromatic rings. The van der Waals surface area contributed by atoms with Gasteiger partial charge in [0.05, 0.1) is 12.0 Å². The highest BCUT2D eigenvalue weighted by molar-refractivity contribution is 6.00. The molecule has 0 saturated carbocycles. The Bertz CT molecular complexity index is 574. The highest BCUT2D eigenvalue weighted by Crippen LogP contribution is 2.43. The van der Waals surface area contributed by atoms with E-state index in [2.05, 4.69) is 4.90 Å². The summed E-state index contributed by atoms with van der Waals surface area (Å²) in [4.78, 5) is 14.8. The SMILES string of the molecule is O=C1CC2(CCN3CCCC3C2)Oc2cc(F)ccc21. The average molecular weight is 275 g/mol. The van der Waals surface area contributed by atoms with Gasteiger partial charge in [0, 0.05) is 31.5 Å². The first kappa shape index (κ1) is 12.3. The van der Waals surface area contributed by atoms with Crippen molar-refractivity contribution in [3.63, 3.8) is 0 Å². The van der Waals surface area contributed by atoms with E-state index in [0.29, 0.717) is 23.8 Å². The third-order valence-corrected chi connectivity index (χ3v) is 5.01. The van der Waals surface area contributed by atoms with Crippen molar-refractivity contribution >= 4 is 5.78 Å². The van der Waals surface area contributed by atoms with Crippen molar-refractivity contribution in [2.75, 3.05) is 13.1 Å². The molecule has 3 aliphatic heterocycles. The van der Waals surface area contributed by atoms with Gasteiger partial charge in [-0.2, -0.15) is 0 Å². The van der Waals surface area contributed by atoms with E-state index >= 15 is 0 Å². The van der Waals surface area contributed by atoms with Crippen LogP contribution in [-0.2, 0) is 0 Å². The molecule has 2 unspecified atom stereocenters. The van der Waals surface area contributed by atoms with E-state index in [-0.39, 0.29) is 11.6 Å². The van der Waals surface area contributed by atoms with Gasteiger partial charge in [-0.1, -0.05) is 0 Å². The fraction of sp³-hybridized carbons (Fsp3) is 0.562. The number of benzene rings is 1. The van der Waals surface area contributed by atoms with Crippen LogP contribution in [0.25, 0.3) is 0 Å². The topological polar surface area (TPSA) is 29.5 Å². The molecule has 3 nitrogen and oxygen atoms in total. The summed E-state index contributed by atoms with van der Waals surface area (Å²) in [6.45, 7) is 2.16. The van der Waals surface area contributed by atoms with Gasteiger partial charge >= 0.3 is 0 Å². The maximum Gasteiger partial charge on any atom is 0.170 e. The van der Waals surface area contributed by atoms with Gasteiger partial charge in [0.2, 0.25) is 0 Å². The number of halogens is 1. The number of ketones is 1.